The summed E-state index contributed by atoms with van der Waals surface area (Å²) in [6, 6.07) is 9.13. The summed E-state index contributed by atoms with van der Waals surface area (Å²) >= 11 is 0. The number of guanidine groups is 1. The van der Waals surface area contributed by atoms with Crippen LogP contribution in [0.25, 0.3) is 0 Å². The Hall–Kier alpha value is -1.10. The van der Waals surface area contributed by atoms with Crippen molar-refractivity contribution in [3.05, 3.63) is 29.8 Å². The van der Waals surface area contributed by atoms with E-state index in [0.29, 0.717) is 12.6 Å². The van der Waals surface area contributed by atoms with Crippen molar-refractivity contribution in [2.75, 3.05) is 66.1 Å². The molecule has 1 aliphatic rings. The molecule has 178 valence electrons. The van der Waals surface area contributed by atoms with Crippen LogP contribution in [0.3, 0.4) is 0 Å². The van der Waals surface area contributed by atoms with E-state index in [-0.39, 0.29) is 30.0 Å². The van der Waals surface area contributed by atoms with Gasteiger partial charge in [-0.3, -0.25) is 14.8 Å². The van der Waals surface area contributed by atoms with Crippen LogP contribution in [-0.4, -0.2) is 87.9 Å². The molecule has 0 aliphatic carbocycles. The van der Waals surface area contributed by atoms with Crippen molar-refractivity contribution < 1.29 is 9.47 Å². The minimum atomic E-state index is 0. The first-order valence-corrected chi connectivity index (χ1v) is 11.3. The highest BCUT2D eigenvalue weighted by Gasteiger charge is 2.22. The van der Waals surface area contributed by atoms with Crippen LogP contribution >= 0.6 is 24.0 Å². The summed E-state index contributed by atoms with van der Waals surface area (Å²) in [5.74, 6) is 1.76. The lowest BCUT2D eigenvalue weighted by molar-refractivity contribution is 0.0179. The number of rotatable bonds is 11. The molecule has 0 saturated carbocycles. The third kappa shape index (κ3) is 9.51. The van der Waals surface area contributed by atoms with Gasteiger partial charge in [-0.05, 0) is 45.0 Å². The van der Waals surface area contributed by atoms with E-state index in [1.807, 2.05) is 12.1 Å². The van der Waals surface area contributed by atoms with Gasteiger partial charge in [-0.2, -0.15) is 0 Å². The van der Waals surface area contributed by atoms with Gasteiger partial charge in [0, 0.05) is 38.8 Å². The van der Waals surface area contributed by atoms with Gasteiger partial charge in [0.1, 0.15) is 5.75 Å². The second kappa shape index (κ2) is 15.7. The van der Waals surface area contributed by atoms with Crippen LogP contribution in [0.5, 0.6) is 5.75 Å². The summed E-state index contributed by atoms with van der Waals surface area (Å²) in [6.07, 6.45) is 0. The van der Waals surface area contributed by atoms with E-state index in [1.165, 1.54) is 5.56 Å². The smallest absolute Gasteiger partial charge is 0.191 e. The average Bonchev–Trinajstić information content (AvgIpc) is 2.77. The van der Waals surface area contributed by atoms with E-state index in [9.17, 15) is 0 Å². The number of hydrogen-bond acceptors (Lipinski definition) is 5. The molecule has 0 amide bonds. The van der Waals surface area contributed by atoms with Crippen molar-refractivity contribution in [2.24, 2.45) is 4.99 Å². The maximum Gasteiger partial charge on any atom is 0.191 e. The van der Waals surface area contributed by atoms with Gasteiger partial charge >= 0.3 is 0 Å². The molecule has 31 heavy (non-hydrogen) atoms. The lowest BCUT2D eigenvalue weighted by Gasteiger charge is -2.34. The predicted octanol–water partition coefficient (Wildman–Crippen LogP) is 2.97. The van der Waals surface area contributed by atoms with Gasteiger partial charge < -0.3 is 20.1 Å². The third-order valence-electron chi connectivity index (χ3n) is 5.58. The Morgan fingerprint density at radius 1 is 1.16 bits per heavy atom. The van der Waals surface area contributed by atoms with E-state index < -0.39 is 0 Å². The Kier molecular flexibility index (Phi) is 14.1. The molecule has 2 rings (SSSR count). The minimum absolute atomic E-state index is 0. The minimum Gasteiger partial charge on any atom is -0.497 e. The van der Waals surface area contributed by atoms with Crippen molar-refractivity contribution in [3.63, 3.8) is 0 Å². The van der Waals surface area contributed by atoms with Crippen molar-refractivity contribution in [2.45, 2.75) is 39.8 Å². The van der Waals surface area contributed by atoms with Crippen LogP contribution in [0.4, 0.5) is 0 Å². The van der Waals surface area contributed by atoms with Crippen LogP contribution in [0, 0.1) is 0 Å². The highest BCUT2D eigenvalue weighted by atomic mass is 127. The molecular weight excluding hydrogens is 505 g/mol. The standard InChI is InChI=1S/C23H41N5O2.HI/c1-6-24-23(25-12-13-27(7-2)19(3)4)26-18-22(28-14-16-30-17-15-28)20-8-10-21(29-5)11-9-20;/h8-11,19,22H,6-7,12-18H2,1-5H3,(H2,24,25,26);1H. The molecule has 7 nitrogen and oxygen atoms in total. The van der Waals surface area contributed by atoms with Crippen molar-refractivity contribution in [3.8, 4) is 5.75 Å². The Bertz CT molecular complexity index is 621. The molecule has 0 aromatic heterocycles. The second-order valence-electron chi connectivity index (χ2n) is 7.81. The van der Waals surface area contributed by atoms with Gasteiger partial charge in [0.25, 0.3) is 0 Å². The SMILES string of the molecule is CCNC(=NCC(c1ccc(OC)cc1)N1CCOCC1)NCCN(CC)C(C)C.I. The zero-order valence-corrected chi connectivity index (χ0v) is 22.2. The average molecular weight is 548 g/mol. The molecule has 1 unspecified atom stereocenters. The molecule has 1 fully saturated rings. The number of methoxy groups -OCH3 is 1. The highest BCUT2D eigenvalue weighted by molar-refractivity contribution is 14.0. The topological polar surface area (TPSA) is 61.4 Å². The Morgan fingerprint density at radius 2 is 1.84 bits per heavy atom. The summed E-state index contributed by atoms with van der Waals surface area (Å²) in [4.78, 5) is 9.85. The van der Waals surface area contributed by atoms with Crippen molar-refractivity contribution in [1.82, 2.24) is 20.4 Å². The lowest BCUT2D eigenvalue weighted by atomic mass is 10.0. The normalized spacial score (nSPS) is 16.2. The lowest BCUT2D eigenvalue weighted by Crippen LogP contribution is -2.44. The number of hydrogen-bond donors (Lipinski definition) is 2. The van der Waals surface area contributed by atoms with Gasteiger partial charge in [0.05, 0.1) is 32.9 Å². The molecule has 8 heteroatoms. The molecule has 1 aliphatic heterocycles. The Labute approximate surface area is 206 Å². The first kappa shape index (κ1) is 27.9. The first-order valence-electron chi connectivity index (χ1n) is 11.3. The largest absolute Gasteiger partial charge is 0.497 e. The number of likely N-dealkylation sites (N-methyl/N-ethyl adjacent to an activating group) is 1. The summed E-state index contributed by atoms with van der Waals surface area (Å²) < 4.78 is 10.9. The van der Waals surface area contributed by atoms with Crippen LogP contribution < -0.4 is 15.4 Å². The fourth-order valence-corrected chi connectivity index (χ4v) is 3.77. The molecule has 0 bridgehead atoms. The van der Waals surface area contributed by atoms with E-state index in [1.54, 1.807) is 7.11 Å². The molecule has 2 N–H and O–H groups in total. The summed E-state index contributed by atoms with van der Waals surface area (Å²) in [6.45, 7) is 16.7. The number of nitrogens with one attached hydrogen (secondary N) is 2. The molecule has 0 spiro atoms. The monoisotopic (exact) mass is 547 g/mol. The molecule has 0 radical (unpaired) electrons. The molecular formula is C23H42IN5O2. The van der Waals surface area contributed by atoms with Gasteiger partial charge in [-0.15, -0.1) is 24.0 Å². The zero-order valence-electron chi connectivity index (χ0n) is 19.9. The number of benzene rings is 1. The molecule has 1 heterocycles. The fourth-order valence-electron chi connectivity index (χ4n) is 3.77. The Morgan fingerprint density at radius 3 is 2.39 bits per heavy atom. The predicted molar refractivity (Wildman–Crippen MR) is 140 cm³/mol. The number of ether oxygens (including phenoxy) is 2. The molecule has 1 atom stereocenters. The first-order chi connectivity index (χ1) is 14.6. The zero-order chi connectivity index (χ0) is 21.8. The van der Waals surface area contributed by atoms with Gasteiger partial charge in [-0.1, -0.05) is 19.1 Å². The van der Waals surface area contributed by atoms with E-state index >= 15 is 0 Å². The van der Waals surface area contributed by atoms with E-state index in [4.69, 9.17) is 14.5 Å². The van der Waals surface area contributed by atoms with Crippen LogP contribution in [0.1, 0.15) is 39.3 Å². The van der Waals surface area contributed by atoms with Crippen LogP contribution in [0.2, 0.25) is 0 Å². The molecule has 1 aromatic carbocycles. The summed E-state index contributed by atoms with van der Waals surface area (Å²) in [5, 5.41) is 6.89. The van der Waals surface area contributed by atoms with Crippen LogP contribution in [-0.2, 0) is 4.74 Å². The van der Waals surface area contributed by atoms with Gasteiger partial charge in [-0.25, -0.2) is 0 Å². The molecule has 1 aromatic rings. The number of halogens is 1. The van der Waals surface area contributed by atoms with E-state index in [2.05, 4.69) is 60.3 Å². The maximum absolute atomic E-state index is 5.56. The van der Waals surface area contributed by atoms with Crippen molar-refractivity contribution >= 4 is 29.9 Å². The van der Waals surface area contributed by atoms with Crippen molar-refractivity contribution in [1.29, 1.82) is 0 Å². The second-order valence-corrected chi connectivity index (χ2v) is 7.81. The fraction of sp³-hybridized carbons (Fsp3) is 0.696. The summed E-state index contributed by atoms with van der Waals surface area (Å²) in [7, 11) is 1.70. The third-order valence-corrected chi connectivity index (χ3v) is 5.58. The quantitative estimate of drug-likeness (QED) is 0.253. The number of nitrogens with zero attached hydrogens (tertiary/aromatic N) is 3. The maximum atomic E-state index is 5.56. The van der Waals surface area contributed by atoms with E-state index in [0.717, 1.165) is 64.2 Å². The van der Waals surface area contributed by atoms with Crippen LogP contribution in [0.15, 0.2) is 29.3 Å². The number of aliphatic imine (C=N–C) groups is 1. The van der Waals surface area contributed by atoms with Gasteiger partial charge in [0.15, 0.2) is 5.96 Å². The van der Waals surface area contributed by atoms with Gasteiger partial charge in [0.2, 0.25) is 0 Å². The summed E-state index contributed by atoms with van der Waals surface area (Å²) in [5.41, 5.74) is 1.26. The Balaban J connectivity index is 0.00000480. The number of morpholine rings is 1. The molecule has 1 saturated heterocycles. The highest BCUT2D eigenvalue weighted by Crippen LogP contribution is 2.24.